The lowest BCUT2D eigenvalue weighted by atomic mass is 10.1. The van der Waals surface area contributed by atoms with Crippen molar-refractivity contribution in [2.75, 3.05) is 0 Å². The van der Waals surface area contributed by atoms with E-state index in [0.29, 0.717) is 0 Å². The molecular weight excluding hydrogens is 168 g/mol. The lowest BCUT2D eigenvalue weighted by Crippen LogP contribution is -2.32. The highest BCUT2D eigenvalue weighted by atomic mass is 16.7. The molecule has 2 fully saturated rings. The van der Waals surface area contributed by atoms with Crippen molar-refractivity contribution in [2.24, 2.45) is 0 Å². The molecule has 0 aliphatic carbocycles. The summed E-state index contributed by atoms with van der Waals surface area (Å²) in [5, 5.41) is 27.2. The van der Waals surface area contributed by atoms with Crippen LogP contribution in [0.4, 0.5) is 0 Å². The highest BCUT2D eigenvalue weighted by Crippen LogP contribution is 2.30. The molecule has 0 spiro atoms. The molecule has 5 atom stereocenters. The second-order valence-electron chi connectivity index (χ2n) is 2.83. The predicted octanol–water partition coefficient (Wildman–Crippen LogP) is -2.65. The average Bonchev–Trinajstić information content (AvgIpc) is 2.43. The summed E-state index contributed by atoms with van der Waals surface area (Å²) in [6, 6.07) is 0. The number of aliphatic hydroxyl groups is 3. The van der Waals surface area contributed by atoms with Crippen molar-refractivity contribution in [1.29, 1.82) is 0 Å². The van der Waals surface area contributed by atoms with Gasteiger partial charge >= 0.3 is 5.97 Å². The summed E-state index contributed by atoms with van der Waals surface area (Å²) in [5.41, 5.74) is 0. The zero-order valence-electron chi connectivity index (χ0n) is 5.95. The minimum absolute atomic E-state index is 0.823. The van der Waals surface area contributed by atoms with Gasteiger partial charge in [-0.15, -0.1) is 0 Å². The fourth-order valence-electron chi connectivity index (χ4n) is 1.40. The topological polar surface area (TPSA) is 96.2 Å². The number of hydrogen-bond acceptors (Lipinski definition) is 6. The molecule has 2 rings (SSSR count). The van der Waals surface area contributed by atoms with Crippen LogP contribution < -0.4 is 0 Å². The number of fused-ring (bicyclic) bond motifs is 1. The van der Waals surface area contributed by atoms with Crippen LogP contribution in [0.2, 0.25) is 0 Å². The molecule has 0 bridgehead atoms. The van der Waals surface area contributed by atoms with Crippen LogP contribution in [0.3, 0.4) is 0 Å². The van der Waals surface area contributed by atoms with Gasteiger partial charge in [-0.25, -0.2) is 4.79 Å². The maximum atomic E-state index is 10.7. The monoisotopic (exact) mass is 176 g/mol. The van der Waals surface area contributed by atoms with Crippen molar-refractivity contribution in [1.82, 2.24) is 0 Å². The van der Waals surface area contributed by atoms with Crippen molar-refractivity contribution < 1.29 is 29.6 Å². The van der Waals surface area contributed by atoms with Gasteiger partial charge in [-0.2, -0.15) is 0 Å². The molecule has 6 nitrogen and oxygen atoms in total. The Bertz CT molecular complexity index is 216. The van der Waals surface area contributed by atoms with E-state index in [4.69, 9.17) is 15.3 Å². The predicted molar refractivity (Wildman–Crippen MR) is 32.8 cm³/mol. The first-order chi connectivity index (χ1) is 5.61. The second kappa shape index (κ2) is 2.40. The van der Waals surface area contributed by atoms with Gasteiger partial charge in [0.05, 0.1) is 0 Å². The molecule has 0 amide bonds. The third-order valence-electron chi connectivity index (χ3n) is 2.05. The summed E-state index contributed by atoms with van der Waals surface area (Å²) >= 11 is 0. The first-order valence-corrected chi connectivity index (χ1v) is 3.51. The van der Waals surface area contributed by atoms with Gasteiger partial charge in [0, 0.05) is 0 Å². The molecule has 2 aliphatic rings. The highest BCUT2D eigenvalue weighted by molar-refractivity contribution is 5.78. The summed E-state index contributed by atoms with van der Waals surface area (Å²) < 4.78 is 9.25. The molecule has 0 aromatic heterocycles. The van der Waals surface area contributed by atoms with Gasteiger partial charge in [-0.05, 0) is 0 Å². The molecular formula is C6H8O6. The molecule has 2 saturated heterocycles. The van der Waals surface area contributed by atoms with E-state index in [2.05, 4.69) is 9.47 Å². The van der Waals surface area contributed by atoms with E-state index >= 15 is 0 Å². The van der Waals surface area contributed by atoms with E-state index in [-0.39, 0.29) is 0 Å². The van der Waals surface area contributed by atoms with E-state index in [1.807, 2.05) is 0 Å². The fraction of sp³-hybridized carbons (Fsp3) is 0.833. The first-order valence-electron chi connectivity index (χ1n) is 3.51. The Kier molecular flexibility index (Phi) is 1.58. The van der Waals surface area contributed by atoms with E-state index < -0.39 is 36.7 Å². The van der Waals surface area contributed by atoms with Crippen LogP contribution in [-0.4, -0.2) is 52.0 Å². The number of rotatable bonds is 0. The van der Waals surface area contributed by atoms with Crippen molar-refractivity contribution >= 4 is 5.97 Å². The Morgan fingerprint density at radius 2 is 1.83 bits per heavy atom. The minimum Gasteiger partial charge on any atom is -0.454 e. The Labute approximate surface area is 67.3 Å². The van der Waals surface area contributed by atoms with Gasteiger partial charge in [-0.3, -0.25) is 0 Å². The van der Waals surface area contributed by atoms with Gasteiger partial charge in [0.25, 0.3) is 0 Å². The van der Waals surface area contributed by atoms with Gasteiger partial charge in [-0.1, -0.05) is 0 Å². The lowest BCUT2D eigenvalue weighted by Gasteiger charge is -2.10. The molecule has 0 radical (unpaired) electrons. The molecule has 0 saturated carbocycles. The van der Waals surface area contributed by atoms with Crippen LogP contribution in [0, 0.1) is 0 Å². The van der Waals surface area contributed by atoms with Gasteiger partial charge in [0.15, 0.2) is 18.5 Å². The number of carbonyl (C=O) groups is 1. The van der Waals surface area contributed by atoms with Crippen LogP contribution in [0.15, 0.2) is 0 Å². The van der Waals surface area contributed by atoms with E-state index in [9.17, 15) is 4.79 Å². The molecule has 2 unspecified atom stereocenters. The zero-order valence-corrected chi connectivity index (χ0v) is 5.95. The van der Waals surface area contributed by atoms with Crippen LogP contribution in [0.1, 0.15) is 0 Å². The van der Waals surface area contributed by atoms with Gasteiger partial charge in [0.2, 0.25) is 0 Å². The van der Waals surface area contributed by atoms with E-state index in [1.165, 1.54) is 0 Å². The van der Waals surface area contributed by atoms with Crippen LogP contribution in [0.5, 0.6) is 0 Å². The Morgan fingerprint density at radius 3 is 2.42 bits per heavy atom. The number of ether oxygens (including phenoxy) is 2. The zero-order chi connectivity index (χ0) is 8.88. The van der Waals surface area contributed by atoms with Crippen LogP contribution >= 0.6 is 0 Å². The Balaban J connectivity index is 2.19. The molecule has 0 aromatic rings. The Morgan fingerprint density at radius 1 is 1.17 bits per heavy atom. The first kappa shape index (κ1) is 7.93. The molecule has 6 heteroatoms. The van der Waals surface area contributed by atoms with Crippen molar-refractivity contribution in [3.05, 3.63) is 0 Å². The molecule has 2 aliphatic heterocycles. The highest BCUT2D eigenvalue weighted by Gasteiger charge is 2.56. The lowest BCUT2D eigenvalue weighted by molar-refractivity contribution is -0.168. The van der Waals surface area contributed by atoms with Crippen molar-refractivity contribution in [3.63, 3.8) is 0 Å². The summed E-state index contributed by atoms with van der Waals surface area (Å²) in [4.78, 5) is 10.7. The third-order valence-corrected chi connectivity index (χ3v) is 2.05. The summed E-state index contributed by atoms with van der Waals surface area (Å²) in [7, 11) is 0. The smallest absolute Gasteiger partial charge is 0.338 e. The van der Waals surface area contributed by atoms with Gasteiger partial charge < -0.3 is 24.8 Å². The summed E-state index contributed by atoms with van der Waals surface area (Å²) in [6.45, 7) is 0. The minimum atomic E-state index is -1.40. The summed E-state index contributed by atoms with van der Waals surface area (Å²) in [6.07, 6.45) is -5.94. The SMILES string of the molecule is O=C1OC2[C@@H](O)C(O)O[C@H]2[C@H]1O. The van der Waals surface area contributed by atoms with Crippen LogP contribution in [-0.2, 0) is 14.3 Å². The molecule has 2 heterocycles. The van der Waals surface area contributed by atoms with E-state index in [1.54, 1.807) is 0 Å². The quantitative estimate of drug-likeness (QED) is 0.349. The Hall–Kier alpha value is -0.690. The largest absolute Gasteiger partial charge is 0.454 e. The van der Waals surface area contributed by atoms with Gasteiger partial charge in [0.1, 0.15) is 12.2 Å². The maximum absolute atomic E-state index is 10.7. The molecule has 68 valence electrons. The number of hydrogen-bond donors (Lipinski definition) is 3. The number of aliphatic hydroxyl groups excluding tert-OH is 3. The number of carbonyl (C=O) groups excluding carboxylic acids is 1. The average molecular weight is 176 g/mol. The number of esters is 1. The normalized spacial score (nSPS) is 52.2. The van der Waals surface area contributed by atoms with E-state index in [0.717, 1.165) is 0 Å². The van der Waals surface area contributed by atoms with Crippen LogP contribution in [0.25, 0.3) is 0 Å². The van der Waals surface area contributed by atoms with Crippen molar-refractivity contribution in [2.45, 2.75) is 30.7 Å². The fourth-order valence-corrected chi connectivity index (χ4v) is 1.40. The maximum Gasteiger partial charge on any atom is 0.338 e. The molecule has 12 heavy (non-hydrogen) atoms. The molecule has 0 aromatic carbocycles. The third kappa shape index (κ3) is 0.862. The summed E-state index contributed by atoms with van der Waals surface area (Å²) in [5.74, 6) is -0.823. The van der Waals surface area contributed by atoms with Crippen molar-refractivity contribution in [3.8, 4) is 0 Å². The standard InChI is InChI=1S/C6H8O6/c7-1-3-4(12-5(1)9)2(8)6(10)11-3/h1-5,7-9H/t1-,2-,3?,4+,5?/m1/s1. The molecule has 3 N–H and O–H groups in total. The second-order valence-corrected chi connectivity index (χ2v) is 2.83.